The van der Waals surface area contributed by atoms with Crippen molar-refractivity contribution in [1.29, 1.82) is 0 Å². The number of anilines is 1. The second kappa shape index (κ2) is 5.41. The van der Waals surface area contributed by atoms with Gasteiger partial charge in [-0.3, -0.25) is 0 Å². The molecule has 0 aliphatic carbocycles. The van der Waals surface area contributed by atoms with Crippen molar-refractivity contribution in [2.45, 2.75) is 40.2 Å². The average molecular weight is 278 g/mol. The lowest BCUT2D eigenvalue weighted by molar-refractivity contribution is 0.293. The molecule has 1 aromatic rings. The van der Waals surface area contributed by atoms with E-state index in [0.717, 1.165) is 18.2 Å². The molecule has 2 N–H and O–H groups in total. The summed E-state index contributed by atoms with van der Waals surface area (Å²) in [6, 6.07) is 2.28. The SMILES string of the molecule is Cc1cc(C(N)=S)nc(N2CC(C)CC(C)C2C)n1. The predicted molar refractivity (Wildman–Crippen MR) is 82.4 cm³/mol. The third-order valence-electron chi connectivity index (χ3n) is 3.95. The molecule has 3 atom stereocenters. The number of aryl methyl sites for hydroxylation is 1. The normalized spacial score (nSPS) is 27.4. The zero-order valence-corrected chi connectivity index (χ0v) is 12.9. The zero-order chi connectivity index (χ0) is 14.2. The molecule has 19 heavy (non-hydrogen) atoms. The van der Waals surface area contributed by atoms with Crippen LogP contribution in [0.3, 0.4) is 0 Å². The molecule has 5 heteroatoms. The molecule has 0 radical (unpaired) electrons. The molecule has 0 spiro atoms. The highest BCUT2D eigenvalue weighted by Gasteiger charge is 2.30. The average Bonchev–Trinajstić information content (AvgIpc) is 2.32. The maximum atomic E-state index is 5.69. The zero-order valence-electron chi connectivity index (χ0n) is 12.1. The fourth-order valence-corrected chi connectivity index (χ4v) is 2.89. The van der Waals surface area contributed by atoms with Gasteiger partial charge in [0.2, 0.25) is 5.95 Å². The topological polar surface area (TPSA) is 55.0 Å². The summed E-state index contributed by atoms with van der Waals surface area (Å²) < 4.78 is 0. The van der Waals surface area contributed by atoms with E-state index in [4.69, 9.17) is 18.0 Å². The molecule has 3 unspecified atom stereocenters. The number of piperidine rings is 1. The largest absolute Gasteiger partial charge is 0.388 e. The minimum atomic E-state index is 0.331. The summed E-state index contributed by atoms with van der Waals surface area (Å²) in [4.78, 5) is 11.7. The molecule has 1 aliphatic heterocycles. The van der Waals surface area contributed by atoms with Crippen LogP contribution in [0.4, 0.5) is 5.95 Å². The van der Waals surface area contributed by atoms with Crippen molar-refractivity contribution in [3.63, 3.8) is 0 Å². The van der Waals surface area contributed by atoms with Crippen molar-refractivity contribution in [2.24, 2.45) is 17.6 Å². The molecule has 2 rings (SSSR count). The van der Waals surface area contributed by atoms with Gasteiger partial charge in [0.25, 0.3) is 0 Å². The van der Waals surface area contributed by atoms with E-state index in [0.29, 0.717) is 28.6 Å². The summed E-state index contributed by atoms with van der Waals surface area (Å²) in [6.45, 7) is 9.75. The van der Waals surface area contributed by atoms with E-state index in [9.17, 15) is 0 Å². The first-order valence-electron chi connectivity index (χ1n) is 6.80. The van der Waals surface area contributed by atoms with Crippen molar-refractivity contribution < 1.29 is 0 Å². The van der Waals surface area contributed by atoms with Gasteiger partial charge in [0.1, 0.15) is 10.7 Å². The highest BCUT2D eigenvalue weighted by atomic mass is 32.1. The number of nitrogens with two attached hydrogens (primary N) is 1. The molecule has 1 aromatic heterocycles. The molecule has 0 saturated carbocycles. The van der Waals surface area contributed by atoms with E-state index in [1.54, 1.807) is 0 Å². The van der Waals surface area contributed by atoms with Crippen LogP contribution in [0.5, 0.6) is 0 Å². The van der Waals surface area contributed by atoms with Gasteiger partial charge < -0.3 is 10.6 Å². The first kappa shape index (κ1) is 14.2. The summed E-state index contributed by atoms with van der Waals surface area (Å²) in [6.07, 6.45) is 1.26. The smallest absolute Gasteiger partial charge is 0.226 e. The molecular formula is C14H22N4S. The third-order valence-corrected chi connectivity index (χ3v) is 4.16. The van der Waals surface area contributed by atoms with Crippen LogP contribution in [-0.4, -0.2) is 27.5 Å². The van der Waals surface area contributed by atoms with Crippen molar-refractivity contribution >= 4 is 23.2 Å². The predicted octanol–water partition coefficient (Wildman–Crippen LogP) is 2.29. The fraction of sp³-hybridized carbons (Fsp3) is 0.643. The lowest BCUT2D eigenvalue weighted by Gasteiger charge is -2.41. The maximum absolute atomic E-state index is 5.69. The maximum Gasteiger partial charge on any atom is 0.226 e. The first-order chi connectivity index (χ1) is 8.88. The van der Waals surface area contributed by atoms with E-state index in [1.807, 2.05) is 13.0 Å². The Morgan fingerprint density at radius 2 is 2.05 bits per heavy atom. The van der Waals surface area contributed by atoms with Gasteiger partial charge in [-0.05, 0) is 38.2 Å². The summed E-state index contributed by atoms with van der Waals surface area (Å²) >= 11 is 5.03. The van der Waals surface area contributed by atoms with E-state index < -0.39 is 0 Å². The Balaban J connectivity index is 2.37. The molecule has 0 bridgehead atoms. The van der Waals surface area contributed by atoms with Gasteiger partial charge in [-0.2, -0.15) is 0 Å². The molecule has 104 valence electrons. The number of rotatable bonds is 2. The van der Waals surface area contributed by atoms with Crippen LogP contribution in [0.15, 0.2) is 6.07 Å². The Kier molecular flexibility index (Phi) is 4.04. The fourth-order valence-electron chi connectivity index (χ4n) is 2.79. The van der Waals surface area contributed by atoms with Crippen LogP contribution in [0, 0.1) is 18.8 Å². The highest BCUT2D eigenvalue weighted by Crippen LogP contribution is 2.29. The lowest BCUT2D eigenvalue weighted by Crippen LogP contribution is -2.46. The molecule has 2 heterocycles. The number of hydrogen-bond acceptors (Lipinski definition) is 4. The Morgan fingerprint density at radius 1 is 1.37 bits per heavy atom. The monoisotopic (exact) mass is 278 g/mol. The Labute approximate surface area is 120 Å². The van der Waals surface area contributed by atoms with Crippen LogP contribution in [-0.2, 0) is 0 Å². The van der Waals surface area contributed by atoms with Crippen LogP contribution < -0.4 is 10.6 Å². The molecule has 1 fully saturated rings. The van der Waals surface area contributed by atoms with Gasteiger partial charge in [0, 0.05) is 18.3 Å². The van der Waals surface area contributed by atoms with E-state index in [2.05, 4.69) is 35.6 Å². The van der Waals surface area contributed by atoms with Crippen LogP contribution >= 0.6 is 12.2 Å². The Morgan fingerprint density at radius 3 is 2.68 bits per heavy atom. The molecule has 0 aromatic carbocycles. The highest BCUT2D eigenvalue weighted by molar-refractivity contribution is 7.80. The second-order valence-corrected chi connectivity index (χ2v) is 6.21. The van der Waals surface area contributed by atoms with E-state index in [-0.39, 0.29) is 0 Å². The van der Waals surface area contributed by atoms with Gasteiger partial charge in [-0.25, -0.2) is 9.97 Å². The van der Waals surface area contributed by atoms with Crippen LogP contribution in [0.25, 0.3) is 0 Å². The third kappa shape index (κ3) is 3.03. The molecular weight excluding hydrogens is 256 g/mol. The summed E-state index contributed by atoms with van der Waals surface area (Å²) in [7, 11) is 0. The van der Waals surface area contributed by atoms with Gasteiger partial charge in [0.15, 0.2) is 0 Å². The summed E-state index contributed by atoms with van der Waals surface area (Å²) in [5, 5.41) is 0. The Bertz CT molecular complexity index is 488. The number of nitrogens with zero attached hydrogens (tertiary/aromatic N) is 3. The Hall–Kier alpha value is -1.23. The first-order valence-corrected chi connectivity index (χ1v) is 7.21. The number of thiocarbonyl (C=S) groups is 1. The van der Waals surface area contributed by atoms with Crippen molar-refractivity contribution in [1.82, 2.24) is 9.97 Å². The molecule has 0 amide bonds. The van der Waals surface area contributed by atoms with Crippen LogP contribution in [0.1, 0.15) is 38.6 Å². The standard InChI is InChI=1S/C14H22N4S/c1-8-5-9(2)11(4)18(7-8)14-16-10(3)6-12(17-14)13(15)19/h6,8-9,11H,5,7H2,1-4H3,(H2,15,19). The second-order valence-electron chi connectivity index (χ2n) is 5.77. The van der Waals surface area contributed by atoms with Gasteiger partial charge >= 0.3 is 0 Å². The quantitative estimate of drug-likeness (QED) is 0.841. The van der Waals surface area contributed by atoms with Gasteiger partial charge in [-0.1, -0.05) is 26.1 Å². The lowest BCUT2D eigenvalue weighted by atomic mass is 9.86. The summed E-state index contributed by atoms with van der Waals surface area (Å²) in [5.41, 5.74) is 7.26. The summed E-state index contributed by atoms with van der Waals surface area (Å²) in [5.74, 6) is 2.05. The molecule has 4 nitrogen and oxygen atoms in total. The minimum Gasteiger partial charge on any atom is -0.388 e. The molecule has 1 saturated heterocycles. The van der Waals surface area contributed by atoms with Gasteiger partial charge in [0.05, 0.1) is 0 Å². The van der Waals surface area contributed by atoms with E-state index in [1.165, 1.54) is 6.42 Å². The number of aromatic nitrogens is 2. The van der Waals surface area contributed by atoms with Gasteiger partial charge in [-0.15, -0.1) is 0 Å². The number of hydrogen-bond donors (Lipinski definition) is 1. The van der Waals surface area contributed by atoms with E-state index >= 15 is 0 Å². The molecule has 1 aliphatic rings. The minimum absolute atomic E-state index is 0.331. The van der Waals surface area contributed by atoms with Crippen molar-refractivity contribution in [3.05, 3.63) is 17.5 Å². The van der Waals surface area contributed by atoms with Crippen LogP contribution in [0.2, 0.25) is 0 Å². The van der Waals surface area contributed by atoms with Crippen molar-refractivity contribution in [2.75, 3.05) is 11.4 Å². The van der Waals surface area contributed by atoms with Crippen molar-refractivity contribution in [3.8, 4) is 0 Å².